The van der Waals surface area contributed by atoms with E-state index < -0.39 is 0 Å². The Labute approximate surface area is 87.6 Å². The molecule has 2 N–H and O–H groups in total. The van der Waals surface area contributed by atoms with Crippen LogP contribution in [0.3, 0.4) is 0 Å². The second kappa shape index (κ2) is 4.61. The van der Waals surface area contributed by atoms with Crippen LogP contribution < -0.4 is 5.73 Å². The van der Waals surface area contributed by atoms with E-state index in [1.807, 2.05) is 30.3 Å². The Morgan fingerprint density at radius 3 is 2.67 bits per heavy atom. The number of nitrogens with two attached hydrogens (primary N) is 1. The number of anilines is 1. The highest BCUT2D eigenvalue weighted by Gasteiger charge is 2.00. The topological polar surface area (TPSA) is 61.3 Å². The summed E-state index contributed by atoms with van der Waals surface area (Å²) in [6.45, 7) is 0.945. The average Bonchev–Trinajstić information content (AvgIpc) is 2.66. The predicted octanol–water partition coefficient (Wildman–Crippen LogP) is 1.97. The molecule has 0 aliphatic heterocycles. The zero-order chi connectivity index (χ0) is 10.5. The van der Waals surface area contributed by atoms with Gasteiger partial charge in [-0.2, -0.15) is 0 Å². The minimum Gasteiger partial charge on any atom is -0.381 e. The summed E-state index contributed by atoms with van der Waals surface area (Å²) >= 11 is 0. The van der Waals surface area contributed by atoms with Crippen molar-refractivity contribution in [3.05, 3.63) is 47.7 Å². The van der Waals surface area contributed by atoms with Gasteiger partial charge in [-0.15, -0.1) is 0 Å². The summed E-state index contributed by atoms with van der Waals surface area (Å²) in [5, 5.41) is 3.57. The lowest BCUT2D eigenvalue weighted by Gasteiger charge is -2.00. The van der Waals surface area contributed by atoms with Gasteiger partial charge in [-0.1, -0.05) is 35.5 Å². The average molecular weight is 204 g/mol. The van der Waals surface area contributed by atoms with Gasteiger partial charge in [0.2, 0.25) is 0 Å². The Balaban J connectivity index is 1.80. The number of rotatable bonds is 4. The first-order valence-electron chi connectivity index (χ1n) is 4.67. The largest absolute Gasteiger partial charge is 0.381 e. The molecular weight excluding hydrogens is 192 g/mol. The van der Waals surface area contributed by atoms with Crippen molar-refractivity contribution in [1.82, 2.24) is 5.16 Å². The highest BCUT2D eigenvalue weighted by molar-refractivity contribution is 5.26. The van der Waals surface area contributed by atoms with Crippen molar-refractivity contribution in [2.75, 3.05) is 5.73 Å². The molecule has 0 radical (unpaired) electrons. The van der Waals surface area contributed by atoms with E-state index in [9.17, 15) is 0 Å². The van der Waals surface area contributed by atoms with Gasteiger partial charge in [-0.25, -0.2) is 0 Å². The first-order chi connectivity index (χ1) is 7.34. The van der Waals surface area contributed by atoms with Crippen LogP contribution in [0.15, 0.2) is 40.9 Å². The molecule has 1 aromatic carbocycles. The Hall–Kier alpha value is -1.81. The standard InChI is InChI=1S/C11H12N2O2/c12-11-6-10(15-13-11)8-14-7-9-4-2-1-3-5-9/h1-6H,7-8H2,(H2,12,13). The Morgan fingerprint density at radius 1 is 1.20 bits per heavy atom. The number of benzene rings is 1. The highest BCUT2D eigenvalue weighted by atomic mass is 16.5. The van der Waals surface area contributed by atoms with E-state index in [4.69, 9.17) is 15.0 Å². The number of hydrogen-bond donors (Lipinski definition) is 1. The second-order valence-corrected chi connectivity index (χ2v) is 3.20. The summed E-state index contributed by atoms with van der Waals surface area (Å²) in [4.78, 5) is 0. The van der Waals surface area contributed by atoms with Gasteiger partial charge >= 0.3 is 0 Å². The number of ether oxygens (including phenoxy) is 1. The van der Waals surface area contributed by atoms with Gasteiger partial charge in [-0.3, -0.25) is 0 Å². The molecule has 4 heteroatoms. The molecule has 0 spiro atoms. The van der Waals surface area contributed by atoms with Crippen molar-refractivity contribution in [2.24, 2.45) is 0 Å². The van der Waals surface area contributed by atoms with E-state index in [-0.39, 0.29) is 0 Å². The fraction of sp³-hybridized carbons (Fsp3) is 0.182. The van der Waals surface area contributed by atoms with E-state index in [1.54, 1.807) is 6.07 Å². The molecule has 15 heavy (non-hydrogen) atoms. The van der Waals surface area contributed by atoms with E-state index in [0.717, 1.165) is 5.56 Å². The predicted molar refractivity (Wildman–Crippen MR) is 55.9 cm³/mol. The van der Waals surface area contributed by atoms with Gasteiger partial charge in [0, 0.05) is 6.07 Å². The fourth-order valence-electron chi connectivity index (χ4n) is 1.24. The minimum absolute atomic E-state index is 0.383. The maximum Gasteiger partial charge on any atom is 0.167 e. The summed E-state index contributed by atoms with van der Waals surface area (Å²) in [6.07, 6.45) is 0. The van der Waals surface area contributed by atoms with Crippen LogP contribution in [0.4, 0.5) is 5.82 Å². The van der Waals surface area contributed by atoms with E-state index in [1.165, 1.54) is 0 Å². The van der Waals surface area contributed by atoms with Crippen molar-refractivity contribution < 1.29 is 9.26 Å². The second-order valence-electron chi connectivity index (χ2n) is 3.20. The monoisotopic (exact) mass is 204 g/mol. The Kier molecular flexibility index (Phi) is 2.99. The van der Waals surface area contributed by atoms with Crippen molar-refractivity contribution in [3.8, 4) is 0 Å². The summed E-state index contributed by atoms with van der Waals surface area (Å²) in [7, 11) is 0. The van der Waals surface area contributed by atoms with E-state index in [0.29, 0.717) is 24.8 Å². The third-order valence-electron chi connectivity index (χ3n) is 1.93. The van der Waals surface area contributed by atoms with Crippen LogP contribution in [0.2, 0.25) is 0 Å². The van der Waals surface area contributed by atoms with Gasteiger partial charge in [0.1, 0.15) is 6.61 Å². The smallest absolute Gasteiger partial charge is 0.167 e. The van der Waals surface area contributed by atoms with Gasteiger partial charge in [0.25, 0.3) is 0 Å². The van der Waals surface area contributed by atoms with Crippen LogP contribution in [0.25, 0.3) is 0 Å². The van der Waals surface area contributed by atoms with E-state index >= 15 is 0 Å². The first-order valence-corrected chi connectivity index (χ1v) is 4.67. The quantitative estimate of drug-likeness (QED) is 0.827. The zero-order valence-electron chi connectivity index (χ0n) is 8.22. The normalized spacial score (nSPS) is 10.4. The fourth-order valence-corrected chi connectivity index (χ4v) is 1.24. The molecule has 2 aromatic rings. The maximum atomic E-state index is 5.43. The molecular formula is C11H12N2O2. The molecule has 0 aliphatic carbocycles. The van der Waals surface area contributed by atoms with Crippen LogP contribution in [0.5, 0.6) is 0 Å². The van der Waals surface area contributed by atoms with Gasteiger partial charge in [0.05, 0.1) is 6.61 Å². The van der Waals surface area contributed by atoms with Crippen molar-refractivity contribution >= 4 is 5.82 Å². The van der Waals surface area contributed by atoms with Crippen LogP contribution in [-0.2, 0) is 18.0 Å². The lowest BCUT2D eigenvalue weighted by molar-refractivity contribution is 0.0884. The summed E-state index contributed by atoms with van der Waals surface area (Å²) in [6, 6.07) is 11.6. The van der Waals surface area contributed by atoms with Crippen LogP contribution in [-0.4, -0.2) is 5.16 Å². The molecule has 0 aliphatic rings. The first kappa shape index (κ1) is 9.73. The molecule has 1 heterocycles. The third-order valence-corrected chi connectivity index (χ3v) is 1.93. The Morgan fingerprint density at radius 2 is 2.00 bits per heavy atom. The van der Waals surface area contributed by atoms with E-state index in [2.05, 4.69) is 5.16 Å². The van der Waals surface area contributed by atoms with Crippen LogP contribution in [0.1, 0.15) is 11.3 Å². The number of nitrogens with zero attached hydrogens (tertiary/aromatic N) is 1. The highest BCUT2D eigenvalue weighted by Crippen LogP contribution is 2.08. The summed E-state index contributed by atoms with van der Waals surface area (Å²) in [5.74, 6) is 1.02. The van der Waals surface area contributed by atoms with Gasteiger partial charge in [0.15, 0.2) is 11.6 Å². The molecule has 0 saturated carbocycles. The summed E-state index contributed by atoms with van der Waals surface area (Å²) in [5.41, 5.74) is 6.53. The molecule has 0 unspecified atom stereocenters. The van der Waals surface area contributed by atoms with Crippen molar-refractivity contribution in [3.63, 3.8) is 0 Å². The molecule has 0 bridgehead atoms. The molecule has 0 amide bonds. The number of aromatic nitrogens is 1. The van der Waals surface area contributed by atoms with Crippen molar-refractivity contribution in [1.29, 1.82) is 0 Å². The molecule has 0 fully saturated rings. The molecule has 0 atom stereocenters. The van der Waals surface area contributed by atoms with Gasteiger partial charge in [-0.05, 0) is 5.56 Å². The Bertz CT molecular complexity index is 412. The van der Waals surface area contributed by atoms with Crippen LogP contribution in [0, 0.1) is 0 Å². The van der Waals surface area contributed by atoms with Crippen LogP contribution >= 0.6 is 0 Å². The summed E-state index contributed by atoms with van der Waals surface area (Å²) < 4.78 is 10.3. The number of nitrogen functional groups attached to an aromatic ring is 1. The molecule has 4 nitrogen and oxygen atoms in total. The molecule has 2 rings (SSSR count). The minimum atomic E-state index is 0.383. The number of hydrogen-bond acceptors (Lipinski definition) is 4. The maximum absolute atomic E-state index is 5.43. The molecule has 0 saturated heterocycles. The SMILES string of the molecule is Nc1cc(COCc2ccccc2)on1. The molecule has 1 aromatic heterocycles. The van der Waals surface area contributed by atoms with Crippen molar-refractivity contribution in [2.45, 2.75) is 13.2 Å². The third kappa shape index (κ3) is 2.82. The molecule has 78 valence electrons. The van der Waals surface area contributed by atoms with Gasteiger partial charge < -0.3 is 15.0 Å². The lowest BCUT2D eigenvalue weighted by atomic mass is 10.2. The lowest BCUT2D eigenvalue weighted by Crippen LogP contribution is -1.92. The zero-order valence-corrected chi connectivity index (χ0v) is 8.22.